The number of rotatable bonds is 2. The quantitative estimate of drug-likeness (QED) is 0.570. The van der Waals surface area contributed by atoms with Gasteiger partial charge >= 0.3 is 0 Å². The fourth-order valence-corrected chi connectivity index (χ4v) is 0.684. The van der Waals surface area contributed by atoms with Crippen LogP contribution < -0.4 is 5.73 Å². The summed E-state index contributed by atoms with van der Waals surface area (Å²) in [7, 11) is 0. The lowest BCUT2D eigenvalue weighted by atomic mass is 10.4. The first kappa shape index (κ1) is 6.95. The fourth-order valence-electron chi connectivity index (χ4n) is 0.684. The second-order valence-corrected chi connectivity index (χ2v) is 2.04. The molecule has 10 heavy (non-hydrogen) atoms. The molecule has 0 aromatic carbocycles. The zero-order chi connectivity index (χ0) is 7.56. The summed E-state index contributed by atoms with van der Waals surface area (Å²) in [4.78, 5) is 0. The zero-order valence-electron chi connectivity index (χ0n) is 5.70. The van der Waals surface area contributed by atoms with Crippen LogP contribution in [0.2, 0.25) is 0 Å². The van der Waals surface area contributed by atoms with Gasteiger partial charge in [0, 0.05) is 0 Å². The van der Waals surface area contributed by atoms with Crippen molar-refractivity contribution in [3.8, 4) is 0 Å². The zero-order valence-corrected chi connectivity index (χ0v) is 5.70. The van der Waals surface area contributed by atoms with Crippen molar-refractivity contribution in [1.82, 2.24) is 5.01 Å². The van der Waals surface area contributed by atoms with E-state index in [1.807, 2.05) is 0 Å². The third kappa shape index (κ3) is 1.06. The Labute approximate surface area is 59.7 Å². The van der Waals surface area contributed by atoms with Crippen LogP contribution in [-0.2, 0) is 0 Å². The molecule has 0 fully saturated rings. The average molecular weight is 138 g/mol. The van der Waals surface area contributed by atoms with E-state index in [1.165, 1.54) is 0 Å². The minimum atomic E-state index is -0.266. The molecule has 2 N–H and O–H groups in total. The van der Waals surface area contributed by atoms with Gasteiger partial charge in [-0.05, 0) is 0 Å². The Morgan fingerprint density at radius 1 is 1.80 bits per heavy atom. The first-order valence-corrected chi connectivity index (χ1v) is 2.99. The maximum absolute atomic E-state index is 5.60. The third-order valence-corrected chi connectivity index (χ3v) is 1.27. The van der Waals surface area contributed by atoms with Crippen LogP contribution >= 0.6 is 0 Å². The van der Waals surface area contributed by atoms with E-state index in [0.717, 1.165) is 0 Å². The molecule has 0 bridgehead atoms. The van der Waals surface area contributed by atoms with E-state index in [-0.39, 0.29) is 6.17 Å². The number of hydrogen-bond donors (Lipinski definition) is 1. The van der Waals surface area contributed by atoms with Gasteiger partial charge in [-0.1, -0.05) is 17.9 Å². The van der Waals surface area contributed by atoms with Gasteiger partial charge in [-0.15, -0.1) is 11.7 Å². The van der Waals surface area contributed by atoms with Crippen molar-refractivity contribution in [3.05, 3.63) is 24.9 Å². The Balaban J connectivity index is 2.57. The molecular formula is C6H10N4. The molecule has 1 rings (SSSR count). The van der Waals surface area contributed by atoms with E-state index < -0.39 is 0 Å². The van der Waals surface area contributed by atoms with Gasteiger partial charge in [-0.2, -0.15) is 0 Å². The molecule has 4 nitrogen and oxygen atoms in total. The van der Waals surface area contributed by atoms with Crippen LogP contribution in [0.4, 0.5) is 0 Å². The van der Waals surface area contributed by atoms with E-state index in [4.69, 9.17) is 5.73 Å². The highest BCUT2D eigenvalue weighted by Gasteiger charge is 2.19. The Hall–Kier alpha value is -1.16. The maximum atomic E-state index is 5.60. The number of nitrogens with two attached hydrogens (primary N) is 1. The van der Waals surface area contributed by atoms with Crippen LogP contribution in [0.5, 0.6) is 0 Å². The second kappa shape index (κ2) is 2.62. The third-order valence-electron chi connectivity index (χ3n) is 1.27. The van der Waals surface area contributed by atoms with Gasteiger partial charge in [0.2, 0.25) is 0 Å². The molecule has 1 aliphatic rings. The first-order valence-electron chi connectivity index (χ1n) is 2.99. The smallest absolute Gasteiger partial charge is 0.140 e. The highest BCUT2D eigenvalue weighted by atomic mass is 15.6. The monoisotopic (exact) mass is 138 g/mol. The molecule has 1 aliphatic heterocycles. The molecule has 0 amide bonds. The SMILES string of the molecule is C=CCN1N=NC(=C)C1N. The van der Waals surface area contributed by atoms with Gasteiger partial charge in [-0.3, -0.25) is 5.01 Å². The normalized spacial score (nSPS) is 23.9. The lowest BCUT2D eigenvalue weighted by molar-refractivity contribution is 0.281. The van der Waals surface area contributed by atoms with Crippen LogP contribution in [-0.4, -0.2) is 17.7 Å². The highest BCUT2D eigenvalue weighted by Crippen LogP contribution is 2.14. The van der Waals surface area contributed by atoms with Crippen molar-refractivity contribution in [3.63, 3.8) is 0 Å². The Kier molecular flexibility index (Phi) is 1.82. The van der Waals surface area contributed by atoms with Crippen LogP contribution in [0.1, 0.15) is 0 Å². The van der Waals surface area contributed by atoms with Crippen LogP contribution in [0.25, 0.3) is 0 Å². The van der Waals surface area contributed by atoms with E-state index in [9.17, 15) is 0 Å². The summed E-state index contributed by atoms with van der Waals surface area (Å²) in [5.41, 5.74) is 6.20. The van der Waals surface area contributed by atoms with Crippen LogP contribution in [0, 0.1) is 0 Å². The number of nitrogens with zero attached hydrogens (tertiary/aromatic N) is 3. The van der Waals surface area contributed by atoms with Crippen molar-refractivity contribution in [1.29, 1.82) is 0 Å². The van der Waals surface area contributed by atoms with E-state index in [1.54, 1.807) is 11.1 Å². The molecule has 0 aromatic heterocycles. The molecule has 0 radical (unpaired) electrons. The molecule has 0 saturated carbocycles. The van der Waals surface area contributed by atoms with Crippen LogP contribution in [0.3, 0.4) is 0 Å². The molecule has 1 atom stereocenters. The molecule has 0 spiro atoms. The van der Waals surface area contributed by atoms with Gasteiger partial charge in [0.25, 0.3) is 0 Å². The Morgan fingerprint density at radius 2 is 2.50 bits per heavy atom. The minimum absolute atomic E-state index is 0.266. The summed E-state index contributed by atoms with van der Waals surface area (Å²) in [6.07, 6.45) is 1.45. The Morgan fingerprint density at radius 3 is 2.90 bits per heavy atom. The van der Waals surface area contributed by atoms with Gasteiger partial charge in [-0.25, -0.2) is 0 Å². The summed E-state index contributed by atoms with van der Waals surface area (Å²) in [6, 6.07) is 0. The molecule has 0 aromatic rings. The first-order chi connectivity index (χ1) is 4.75. The molecule has 1 heterocycles. The largest absolute Gasteiger partial charge is 0.305 e. The number of hydrogen-bond acceptors (Lipinski definition) is 4. The molecule has 4 heteroatoms. The van der Waals surface area contributed by atoms with Gasteiger partial charge in [0.15, 0.2) is 0 Å². The summed E-state index contributed by atoms with van der Waals surface area (Å²) in [6.45, 7) is 7.78. The van der Waals surface area contributed by atoms with Gasteiger partial charge in [0.05, 0.1) is 12.2 Å². The molecule has 0 saturated heterocycles. The lowest BCUT2D eigenvalue weighted by Crippen LogP contribution is -2.35. The van der Waals surface area contributed by atoms with Crippen molar-refractivity contribution in [2.24, 2.45) is 16.1 Å². The maximum Gasteiger partial charge on any atom is 0.140 e. The van der Waals surface area contributed by atoms with E-state index in [2.05, 4.69) is 23.5 Å². The predicted octanol–water partition coefficient (Wildman–Crippen LogP) is 0.654. The fraction of sp³-hybridized carbons (Fsp3) is 0.333. The highest BCUT2D eigenvalue weighted by molar-refractivity contribution is 5.03. The summed E-state index contributed by atoms with van der Waals surface area (Å²) < 4.78 is 0. The summed E-state index contributed by atoms with van der Waals surface area (Å²) in [5.74, 6) is 0. The van der Waals surface area contributed by atoms with Gasteiger partial charge in [0.1, 0.15) is 6.17 Å². The summed E-state index contributed by atoms with van der Waals surface area (Å²) >= 11 is 0. The standard InChI is InChI=1S/C6H10N4/c1-3-4-10-6(7)5(2)8-9-10/h3,6H,1-2,4,7H2. The van der Waals surface area contributed by atoms with Crippen molar-refractivity contribution in [2.45, 2.75) is 6.17 Å². The predicted molar refractivity (Wildman–Crippen MR) is 38.9 cm³/mol. The van der Waals surface area contributed by atoms with E-state index in [0.29, 0.717) is 12.2 Å². The topological polar surface area (TPSA) is 54.0 Å². The van der Waals surface area contributed by atoms with Crippen LogP contribution in [0.15, 0.2) is 35.3 Å². The molecule has 54 valence electrons. The minimum Gasteiger partial charge on any atom is -0.305 e. The van der Waals surface area contributed by atoms with E-state index >= 15 is 0 Å². The summed E-state index contributed by atoms with van der Waals surface area (Å²) in [5, 5.41) is 9.07. The Bertz CT molecular complexity index is 184. The van der Waals surface area contributed by atoms with Gasteiger partial charge < -0.3 is 5.73 Å². The lowest BCUT2D eigenvalue weighted by Gasteiger charge is -2.14. The molecule has 1 unspecified atom stereocenters. The molecular weight excluding hydrogens is 128 g/mol. The second-order valence-electron chi connectivity index (χ2n) is 2.04. The van der Waals surface area contributed by atoms with Crippen molar-refractivity contribution >= 4 is 0 Å². The van der Waals surface area contributed by atoms with Crippen molar-refractivity contribution < 1.29 is 0 Å². The molecule has 0 aliphatic carbocycles. The average Bonchev–Trinajstić information content (AvgIpc) is 2.20. The van der Waals surface area contributed by atoms with Crippen molar-refractivity contribution in [2.75, 3.05) is 6.54 Å².